The molecule has 16 heteroatoms. The smallest absolute Gasteiger partial charge is 0.199 e. The van der Waals surface area contributed by atoms with Crippen LogP contribution < -0.4 is 0 Å². The quantitative estimate of drug-likeness (QED) is 0.143. The first-order valence-electron chi connectivity index (χ1n) is 17.0. The third-order valence-electron chi connectivity index (χ3n) is 9.69. The molecule has 2 unspecified atom stereocenters. The number of alkyl halides is 6. The third-order valence-corrected chi connectivity index (χ3v) is 19.3. The van der Waals surface area contributed by atoms with Crippen molar-refractivity contribution in [2.75, 3.05) is 0 Å². The van der Waals surface area contributed by atoms with Crippen molar-refractivity contribution in [3.05, 3.63) is 116 Å². The van der Waals surface area contributed by atoms with E-state index >= 15 is 26.3 Å². The fourth-order valence-corrected chi connectivity index (χ4v) is 15.4. The summed E-state index contributed by atoms with van der Waals surface area (Å²) in [6.07, 6.45) is 0. The molecule has 57 heavy (non-hydrogen) atoms. The lowest BCUT2D eigenvalue weighted by Crippen LogP contribution is -2.48. The minimum atomic E-state index is -5.67. The highest BCUT2D eigenvalue weighted by Crippen LogP contribution is 2.71. The van der Waals surface area contributed by atoms with Crippen LogP contribution in [-0.4, -0.2) is 17.8 Å². The number of nitriles is 2. The molecule has 8 aromatic heterocycles. The molecule has 0 radical (unpaired) electrons. The lowest BCUT2D eigenvalue weighted by Gasteiger charge is -2.25. The molecule has 0 amide bonds. The van der Waals surface area contributed by atoms with Crippen LogP contribution in [0.25, 0.3) is 58.5 Å². The first-order valence-corrected chi connectivity index (χ1v) is 23.5. The second kappa shape index (κ2) is 14.2. The SMILES string of the molecule is Cc1ccc(-c2sc(-c3ccc(-c4ccc(C#N)s4)s3)cc2C2C(c3cc(-c4ccc(-c5ccc(C#N)s5)s4)sc3-c3ccc(C)s3)C(F)(F)C(F)(F)C2(F)F)s1. The number of aryl methyl sites for hydroxylation is 2. The maximum atomic E-state index is 16.7. The lowest BCUT2D eigenvalue weighted by atomic mass is 9.81. The Bertz CT molecular complexity index is 2700. The molecule has 1 saturated carbocycles. The Morgan fingerprint density at radius 1 is 0.421 bits per heavy atom. The Morgan fingerprint density at radius 3 is 1.09 bits per heavy atom. The molecule has 0 saturated heterocycles. The van der Waals surface area contributed by atoms with Gasteiger partial charge in [0.05, 0.1) is 11.8 Å². The fourth-order valence-electron chi connectivity index (χ4n) is 7.06. The van der Waals surface area contributed by atoms with E-state index < -0.39 is 29.6 Å². The van der Waals surface area contributed by atoms with Gasteiger partial charge in [-0.15, -0.1) is 90.7 Å². The average molecular weight is 913 g/mol. The number of hydrogen-bond donors (Lipinski definition) is 0. The van der Waals surface area contributed by atoms with E-state index in [1.165, 1.54) is 80.2 Å². The zero-order valence-electron chi connectivity index (χ0n) is 29.2. The van der Waals surface area contributed by atoms with Gasteiger partial charge in [-0.1, -0.05) is 0 Å². The van der Waals surface area contributed by atoms with Crippen LogP contribution in [0.15, 0.2) is 84.9 Å². The number of hydrogen-bond acceptors (Lipinski definition) is 10. The molecule has 2 atom stereocenters. The molecular weight excluding hydrogens is 891 g/mol. The van der Waals surface area contributed by atoms with Crippen LogP contribution >= 0.6 is 90.7 Å². The van der Waals surface area contributed by atoms with Crippen LogP contribution in [0.4, 0.5) is 26.3 Å². The van der Waals surface area contributed by atoms with Gasteiger partial charge >= 0.3 is 17.8 Å². The maximum absolute atomic E-state index is 16.7. The van der Waals surface area contributed by atoms with E-state index in [4.69, 9.17) is 0 Å². The van der Waals surface area contributed by atoms with Gasteiger partial charge in [-0.2, -0.15) is 36.9 Å². The van der Waals surface area contributed by atoms with Crippen molar-refractivity contribution in [1.29, 1.82) is 10.5 Å². The highest BCUT2D eigenvalue weighted by Gasteiger charge is 2.85. The van der Waals surface area contributed by atoms with Crippen molar-refractivity contribution in [2.45, 2.75) is 43.5 Å². The lowest BCUT2D eigenvalue weighted by molar-refractivity contribution is -0.274. The molecule has 8 heterocycles. The third kappa shape index (κ3) is 6.31. The molecule has 1 aliphatic rings. The van der Waals surface area contributed by atoms with Gasteiger partial charge in [0, 0.05) is 68.3 Å². The van der Waals surface area contributed by atoms with Gasteiger partial charge < -0.3 is 0 Å². The molecule has 0 aromatic carbocycles. The first kappa shape index (κ1) is 38.7. The molecule has 0 spiro atoms. The van der Waals surface area contributed by atoms with Crippen LogP contribution in [0.1, 0.15) is 42.5 Å². The minimum Gasteiger partial charge on any atom is -0.199 e. The van der Waals surface area contributed by atoms with E-state index in [9.17, 15) is 10.5 Å². The van der Waals surface area contributed by atoms with Crippen molar-refractivity contribution in [3.8, 4) is 70.7 Å². The summed E-state index contributed by atoms with van der Waals surface area (Å²) in [7, 11) is 0. The van der Waals surface area contributed by atoms with Crippen molar-refractivity contribution in [1.82, 2.24) is 0 Å². The van der Waals surface area contributed by atoms with E-state index in [1.807, 2.05) is 38.1 Å². The fraction of sp³-hybridized carbons (Fsp3) is 0.171. The van der Waals surface area contributed by atoms with Gasteiger partial charge in [0.2, 0.25) is 0 Å². The van der Waals surface area contributed by atoms with E-state index in [-0.39, 0.29) is 20.9 Å². The van der Waals surface area contributed by atoms with Gasteiger partial charge in [0.25, 0.3) is 0 Å². The van der Waals surface area contributed by atoms with Gasteiger partial charge in [-0.25, -0.2) is 0 Å². The summed E-state index contributed by atoms with van der Waals surface area (Å²) in [4.78, 5) is 9.92. The van der Waals surface area contributed by atoms with Crippen molar-refractivity contribution in [2.24, 2.45) is 0 Å². The molecule has 9 rings (SSSR count). The molecule has 0 bridgehead atoms. The predicted molar refractivity (Wildman–Crippen MR) is 228 cm³/mol. The maximum Gasteiger partial charge on any atom is 0.373 e. The zero-order chi connectivity index (χ0) is 40.0. The van der Waals surface area contributed by atoms with E-state index in [0.717, 1.165) is 51.9 Å². The Kier molecular flexibility index (Phi) is 9.61. The summed E-state index contributed by atoms with van der Waals surface area (Å²) in [6, 6.07) is 28.4. The molecule has 286 valence electrons. The molecule has 1 fully saturated rings. The molecule has 1 aliphatic carbocycles. The second-order valence-electron chi connectivity index (χ2n) is 13.3. The summed E-state index contributed by atoms with van der Waals surface area (Å²) in [5, 5.41) is 18.7. The molecule has 8 aromatic rings. The van der Waals surface area contributed by atoms with Crippen LogP contribution in [0, 0.1) is 36.5 Å². The van der Waals surface area contributed by atoms with Crippen LogP contribution in [0.5, 0.6) is 0 Å². The average Bonchev–Trinajstić information content (AvgIpc) is 4.02. The summed E-state index contributed by atoms with van der Waals surface area (Å²) < 4.78 is 98.9. The first-order chi connectivity index (χ1) is 27.2. The second-order valence-corrected chi connectivity index (χ2v) is 22.3. The topological polar surface area (TPSA) is 47.6 Å². The van der Waals surface area contributed by atoms with Gasteiger partial charge in [0.1, 0.15) is 21.9 Å². The number of nitrogens with zero attached hydrogens (tertiary/aromatic N) is 2. The minimum absolute atomic E-state index is 0.244. The number of thiophene rings is 8. The standard InChI is InChI=1S/C41H22F6N2S8/c1-19-3-7-31(50-19)37-23(15-33(56-37)29-13-11-27(54-29)25-9-5-21(17-48)52-25)35-36(40(44,45)41(46,47)39(35,42)43)24-16-34(57-38(24)32-8-4-20(2)51-32)30-14-12-28(55-30)26-10-6-22(18-49)53-26/h3-16,35-36H,1-2H3. The van der Waals surface area contributed by atoms with Crippen molar-refractivity contribution < 1.29 is 26.3 Å². The number of rotatable bonds is 8. The molecule has 2 nitrogen and oxygen atoms in total. The summed E-state index contributed by atoms with van der Waals surface area (Å²) in [5.74, 6) is -21.1. The number of halogens is 6. The molecular formula is C41H22F6N2S8. The van der Waals surface area contributed by atoms with Gasteiger partial charge in [-0.3, -0.25) is 0 Å². The Balaban J connectivity index is 1.23. The summed E-state index contributed by atoms with van der Waals surface area (Å²) in [5.41, 5.74) is -0.487. The normalized spacial score (nSPS) is 18.2. The van der Waals surface area contributed by atoms with E-state index in [0.29, 0.717) is 39.0 Å². The molecule has 0 N–H and O–H groups in total. The largest absolute Gasteiger partial charge is 0.373 e. The Hall–Kier alpha value is -3.84. The highest BCUT2D eigenvalue weighted by molar-refractivity contribution is 7.29. The van der Waals surface area contributed by atoms with Crippen LogP contribution in [-0.2, 0) is 0 Å². The monoisotopic (exact) mass is 912 g/mol. The zero-order valence-corrected chi connectivity index (χ0v) is 35.7. The van der Waals surface area contributed by atoms with E-state index in [1.54, 1.807) is 48.5 Å². The van der Waals surface area contributed by atoms with Crippen molar-refractivity contribution in [3.63, 3.8) is 0 Å². The van der Waals surface area contributed by atoms with Gasteiger partial charge in [0.15, 0.2) is 0 Å². The van der Waals surface area contributed by atoms with Crippen LogP contribution in [0.3, 0.4) is 0 Å². The molecule has 0 aliphatic heterocycles. The van der Waals surface area contributed by atoms with Crippen molar-refractivity contribution >= 4 is 90.7 Å². The highest BCUT2D eigenvalue weighted by atomic mass is 32.1. The summed E-state index contributed by atoms with van der Waals surface area (Å²) in [6.45, 7) is 3.66. The van der Waals surface area contributed by atoms with Crippen LogP contribution in [0.2, 0.25) is 0 Å². The van der Waals surface area contributed by atoms with E-state index in [2.05, 4.69) is 12.1 Å². The Morgan fingerprint density at radius 2 is 0.754 bits per heavy atom. The van der Waals surface area contributed by atoms with Gasteiger partial charge in [-0.05, 0) is 110 Å². The summed E-state index contributed by atoms with van der Waals surface area (Å²) >= 11 is 10.1. The predicted octanol–water partition coefficient (Wildman–Crippen LogP) is 16.3. The Labute approximate surface area is 354 Å².